The first kappa shape index (κ1) is 16.4. The molecule has 0 aliphatic carbocycles. The molecule has 112 valence electrons. The van der Waals surface area contributed by atoms with Gasteiger partial charge in [-0.15, -0.1) is 0 Å². The van der Waals surface area contributed by atoms with Gasteiger partial charge in [0.1, 0.15) is 0 Å². The Bertz CT molecular complexity index is 270. The van der Waals surface area contributed by atoms with Crippen molar-refractivity contribution in [1.82, 2.24) is 10.6 Å². The maximum Gasteiger partial charge on any atom is 0.234 e. The number of ether oxygens (including phenoxy) is 1. The Labute approximate surface area is 116 Å². The second-order valence-corrected chi connectivity index (χ2v) is 6.50. The molecule has 1 saturated heterocycles. The molecule has 1 rings (SSSR count). The lowest BCUT2D eigenvalue weighted by Crippen LogP contribution is -2.44. The SMILES string of the molecule is CC(C)(C)CC(O)CNCC(=O)NC1CCOCC1. The first-order valence-electron chi connectivity index (χ1n) is 7.13. The van der Waals surface area contributed by atoms with Crippen LogP contribution in [0.15, 0.2) is 0 Å². The summed E-state index contributed by atoms with van der Waals surface area (Å²) in [4.78, 5) is 11.7. The maximum atomic E-state index is 11.7. The number of aliphatic hydroxyl groups is 1. The van der Waals surface area contributed by atoms with Crippen LogP contribution in [0.3, 0.4) is 0 Å². The quantitative estimate of drug-likeness (QED) is 0.664. The van der Waals surface area contributed by atoms with Crippen LogP contribution < -0.4 is 10.6 Å². The van der Waals surface area contributed by atoms with E-state index in [-0.39, 0.29) is 23.9 Å². The van der Waals surface area contributed by atoms with E-state index in [1.54, 1.807) is 0 Å². The Balaban J connectivity index is 2.09. The summed E-state index contributed by atoms with van der Waals surface area (Å²) in [5.41, 5.74) is 0.103. The van der Waals surface area contributed by atoms with E-state index in [0.29, 0.717) is 6.54 Å². The predicted molar refractivity (Wildman–Crippen MR) is 74.9 cm³/mol. The number of rotatable bonds is 6. The fraction of sp³-hybridized carbons (Fsp3) is 0.929. The molecule has 1 heterocycles. The van der Waals surface area contributed by atoms with E-state index >= 15 is 0 Å². The average Bonchev–Trinajstić information content (AvgIpc) is 2.27. The molecule has 1 fully saturated rings. The van der Waals surface area contributed by atoms with Crippen LogP contribution in [0.4, 0.5) is 0 Å². The Morgan fingerprint density at radius 1 is 1.37 bits per heavy atom. The van der Waals surface area contributed by atoms with Gasteiger partial charge >= 0.3 is 0 Å². The summed E-state index contributed by atoms with van der Waals surface area (Å²) < 4.78 is 5.24. The van der Waals surface area contributed by atoms with Gasteiger partial charge in [-0.1, -0.05) is 20.8 Å². The highest BCUT2D eigenvalue weighted by molar-refractivity contribution is 5.78. The van der Waals surface area contributed by atoms with Crippen molar-refractivity contribution in [3.63, 3.8) is 0 Å². The average molecular weight is 272 g/mol. The first-order chi connectivity index (χ1) is 8.87. The van der Waals surface area contributed by atoms with Crippen molar-refractivity contribution in [3.8, 4) is 0 Å². The number of carbonyl (C=O) groups is 1. The lowest BCUT2D eigenvalue weighted by Gasteiger charge is -2.24. The molecule has 1 amide bonds. The first-order valence-corrected chi connectivity index (χ1v) is 7.13. The second-order valence-electron chi connectivity index (χ2n) is 6.50. The van der Waals surface area contributed by atoms with Gasteiger partial charge < -0.3 is 20.5 Å². The van der Waals surface area contributed by atoms with Crippen molar-refractivity contribution in [2.24, 2.45) is 5.41 Å². The summed E-state index contributed by atoms with van der Waals surface area (Å²) in [7, 11) is 0. The van der Waals surface area contributed by atoms with E-state index in [9.17, 15) is 9.90 Å². The monoisotopic (exact) mass is 272 g/mol. The molecule has 19 heavy (non-hydrogen) atoms. The summed E-state index contributed by atoms with van der Waals surface area (Å²) in [5.74, 6) is -0.00476. The summed E-state index contributed by atoms with van der Waals surface area (Å²) in [5, 5.41) is 15.8. The summed E-state index contributed by atoms with van der Waals surface area (Å²) >= 11 is 0. The molecular weight excluding hydrogens is 244 g/mol. The van der Waals surface area contributed by atoms with Crippen molar-refractivity contribution in [3.05, 3.63) is 0 Å². The molecule has 0 aromatic carbocycles. The number of carbonyl (C=O) groups excluding carboxylic acids is 1. The van der Waals surface area contributed by atoms with Crippen molar-refractivity contribution in [2.75, 3.05) is 26.3 Å². The lowest BCUT2D eigenvalue weighted by molar-refractivity contribution is -0.121. The zero-order valence-corrected chi connectivity index (χ0v) is 12.4. The van der Waals surface area contributed by atoms with Crippen molar-refractivity contribution >= 4 is 5.91 Å². The standard InChI is InChI=1S/C14H28N2O3/c1-14(2,3)8-12(17)9-15-10-13(18)16-11-4-6-19-7-5-11/h11-12,15,17H,4-10H2,1-3H3,(H,16,18). The number of aliphatic hydroxyl groups excluding tert-OH is 1. The van der Waals surface area contributed by atoms with Crippen molar-refractivity contribution in [2.45, 2.75) is 52.2 Å². The predicted octanol–water partition coefficient (Wildman–Crippen LogP) is 0.668. The molecule has 0 spiro atoms. The third kappa shape index (κ3) is 8.18. The molecular formula is C14H28N2O3. The largest absolute Gasteiger partial charge is 0.392 e. The summed E-state index contributed by atoms with van der Waals surface area (Å²) in [6.07, 6.45) is 2.09. The van der Waals surface area contributed by atoms with E-state index in [0.717, 1.165) is 32.5 Å². The molecule has 0 radical (unpaired) electrons. The lowest BCUT2D eigenvalue weighted by atomic mass is 9.89. The minimum Gasteiger partial charge on any atom is -0.392 e. The Morgan fingerprint density at radius 2 is 2.00 bits per heavy atom. The number of hydrogen-bond acceptors (Lipinski definition) is 4. The Hall–Kier alpha value is -0.650. The van der Waals surface area contributed by atoms with E-state index in [1.165, 1.54) is 0 Å². The Kier molecular flexibility index (Phi) is 6.75. The van der Waals surface area contributed by atoms with Gasteiger partial charge in [0.05, 0.1) is 12.6 Å². The molecule has 0 aromatic rings. The van der Waals surface area contributed by atoms with Gasteiger partial charge in [0.2, 0.25) is 5.91 Å². The third-order valence-corrected chi connectivity index (χ3v) is 3.10. The van der Waals surface area contributed by atoms with E-state index in [2.05, 4.69) is 31.4 Å². The minimum absolute atomic E-state index is 0.00476. The minimum atomic E-state index is -0.407. The van der Waals surface area contributed by atoms with Gasteiger partial charge in [-0.25, -0.2) is 0 Å². The van der Waals surface area contributed by atoms with Crippen molar-refractivity contribution in [1.29, 1.82) is 0 Å². The van der Waals surface area contributed by atoms with Crippen molar-refractivity contribution < 1.29 is 14.6 Å². The van der Waals surface area contributed by atoms with E-state index in [4.69, 9.17) is 4.74 Å². The molecule has 1 aliphatic rings. The van der Waals surface area contributed by atoms with Crippen LogP contribution >= 0.6 is 0 Å². The zero-order chi connectivity index (χ0) is 14.3. The van der Waals surface area contributed by atoms with Gasteiger partial charge in [-0.05, 0) is 24.7 Å². The highest BCUT2D eigenvalue weighted by Crippen LogP contribution is 2.20. The number of nitrogens with one attached hydrogen (secondary N) is 2. The van der Waals surface area contributed by atoms with Gasteiger partial charge in [-0.2, -0.15) is 0 Å². The number of hydrogen-bond donors (Lipinski definition) is 3. The molecule has 5 heteroatoms. The molecule has 3 N–H and O–H groups in total. The topological polar surface area (TPSA) is 70.6 Å². The summed E-state index contributed by atoms with van der Waals surface area (Å²) in [6, 6.07) is 0.238. The normalized spacial score (nSPS) is 19.2. The van der Waals surface area contributed by atoms with Crippen LogP contribution in [0.5, 0.6) is 0 Å². The second kappa shape index (κ2) is 7.82. The van der Waals surface area contributed by atoms with Crippen LogP contribution in [-0.4, -0.2) is 49.5 Å². The molecule has 1 atom stereocenters. The van der Waals surface area contributed by atoms with Crippen LogP contribution in [0.25, 0.3) is 0 Å². The van der Waals surface area contributed by atoms with Crippen LogP contribution in [0.2, 0.25) is 0 Å². The molecule has 0 bridgehead atoms. The van der Waals surface area contributed by atoms with Crippen LogP contribution in [0, 0.1) is 5.41 Å². The smallest absolute Gasteiger partial charge is 0.234 e. The maximum absolute atomic E-state index is 11.7. The molecule has 1 aliphatic heterocycles. The van der Waals surface area contributed by atoms with Crippen LogP contribution in [-0.2, 0) is 9.53 Å². The van der Waals surface area contributed by atoms with Gasteiger partial charge in [0.25, 0.3) is 0 Å². The zero-order valence-electron chi connectivity index (χ0n) is 12.4. The molecule has 1 unspecified atom stereocenters. The van der Waals surface area contributed by atoms with E-state index < -0.39 is 6.10 Å². The summed E-state index contributed by atoms with van der Waals surface area (Å²) in [6.45, 7) is 8.44. The number of amides is 1. The molecule has 5 nitrogen and oxygen atoms in total. The highest BCUT2D eigenvalue weighted by Gasteiger charge is 2.18. The third-order valence-electron chi connectivity index (χ3n) is 3.10. The molecule has 0 aromatic heterocycles. The highest BCUT2D eigenvalue weighted by atomic mass is 16.5. The van der Waals surface area contributed by atoms with Gasteiger partial charge in [0, 0.05) is 25.8 Å². The fourth-order valence-electron chi connectivity index (χ4n) is 2.25. The van der Waals surface area contributed by atoms with Gasteiger partial charge in [-0.3, -0.25) is 4.79 Å². The van der Waals surface area contributed by atoms with Crippen LogP contribution in [0.1, 0.15) is 40.0 Å². The Morgan fingerprint density at radius 3 is 2.58 bits per heavy atom. The fourth-order valence-corrected chi connectivity index (χ4v) is 2.25. The van der Waals surface area contributed by atoms with Gasteiger partial charge in [0.15, 0.2) is 0 Å². The van der Waals surface area contributed by atoms with E-state index in [1.807, 2.05) is 0 Å². The molecule has 0 saturated carbocycles.